The van der Waals surface area contributed by atoms with Crippen molar-refractivity contribution in [2.45, 2.75) is 25.2 Å². The van der Waals surface area contributed by atoms with Crippen molar-refractivity contribution in [1.29, 1.82) is 0 Å². The second kappa shape index (κ2) is 6.41. The van der Waals surface area contributed by atoms with Crippen LogP contribution in [0, 0.1) is 0 Å². The highest BCUT2D eigenvalue weighted by atomic mass is 35.5. The molecule has 2 aromatic rings. The number of nitrogens with two attached hydrogens (primary N) is 1. The van der Waals surface area contributed by atoms with Crippen LogP contribution in [0.1, 0.15) is 30.9 Å². The van der Waals surface area contributed by atoms with Crippen LogP contribution in [0.3, 0.4) is 0 Å². The van der Waals surface area contributed by atoms with E-state index in [4.69, 9.17) is 22.3 Å². The normalized spacial score (nSPS) is 14.8. The third-order valence-electron chi connectivity index (χ3n) is 3.87. The van der Waals surface area contributed by atoms with Crippen LogP contribution in [-0.4, -0.2) is 23.1 Å². The Morgan fingerprint density at radius 2 is 2.00 bits per heavy atom. The molecule has 1 aliphatic rings. The maximum Gasteiger partial charge on any atom is 0.159 e. The molecule has 5 heteroatoms. The lowest BCUT2D eigenvalue weighted by atomic mass is 9.82. The SMILES string of the molecule is NCCNc1cnc(-c2ccc(Cl)cc2)nc1C1CCC1. The van der Waals surface area contributed by atoms with Gasteiger partial charge in [-0.15, -0.1) is 0 Å². The Hall–Kier alpha value is -1.65. The summed E-state index contributed by atoms with van der Waals surface area (Å²) in [4.78, 5) is 9.27. The highest BCUT2D eigenvalue weighted by molar-refractivity contribution is 6.30. The lowest BCUT2D eigenvalue weighted by Crippen LogP contribution is -2.18. The first-order valence-corrected chi connectivity index (χ1v) is 7.72. The average Bonchev–Trinajstić information content (AvgIpc) is 2.45. The van der Waals surface area contributed by atoms with Crippen molar-refractivity contribution in [1.82, 2.24) is 9.97 Å². The number of aromatic nitrogens is 2. The van der Waals surface area contributed by atoms with Gasteiger partial charge >= 0.3 is 0 Å². The minimum absolute atomic E-state index is 0.541. The number of hydrogen-bond donors (Lipinski definition) is 2. The molecule has 0 bridgehead atoms. The van der Waals surface area contributed by atoms with Gasteiger partial charge < -0.3 is 11.1 Å². The van der Waals surface area contributed by atoms with E-state index in [2.05, 4.69) is 10.3 Å². The topological polar surface area (TPSA) is 63.8 Å². The lowest BCUT2D eigenvalue weighted by Gasteiger charge is -2.27. The van der Waals surface area contributed by atoms with E-state index in [9.17, 15) is 0 Å². The van der Waals surface area contributed by atoms with Crippen molar-refractivity contribution in [3.05, 3.63) is 41.2 Å². The van der Waals surface area contributed by atoms with Crippen molar-refractivity contribution >= 4 is 17.3 Å². The number of anilines is 1. The second-order valence-electron chi connectivity index (χ2n) is 5.34. The Morgan fingerprint density at radius 3 is 2.62 bits per heavy atom. The Kier molecular flexibility index (Phi) is 4.36. The Labute approximate surface area is 129 Å². The summed E-state index contributed by atoms with van der Waals surface area (Å²) < 4.78 is 0. The fraction of sp³-hybridized carbons (Fsp3) is 0.375. The molecule has 1 aromatic heterocycles. The van der Waals surface area contributed by atoms with Crippen LogP contribution >= 0.6 is 11.6 Å². The smallest absolute Gasteiger partial charge is 0.159 e. The van der Waals surface area contributed by atoms with Crippen LogP contribution in [-0.2, 0) is 0 Å². The first-order valence-electron chi connectivity index (χ1n) is 7.35. The summed E-state index contributed by atoms with van der Waals surface area (Å²) in [7, 11) is 0. The van der Waals surface area contributed by atoms with E-state index in [0.29, 0.717) is 12.5 Å². The van der Waals surface area contributed by atoms with E-state index in [0.717, 1.165) is 34.3 Å². The highest BCUT2D eigenvalue weighted by Gasteiger charge is 2.24. The van der Waals surface area contributed by atoms with Crippen LogP contribution in [0.15, 0.2) is 30.5 Å². The van der Waals surface area contributed by atoms with Crippen LogP contribution in [0.25, 0.3) is 11.4 Å². The van der Waals surface area contributed by atoms with Gasteiger partial charge in [0.25, 0.3) is 0 Å². The molecule has 3 N–H and O–H groups in total. The van der Waals surface area contributed by atoms with Gasteiger partial charge in [0.2, 0.25) is 0 Å². The summed E-state index contributed by atoms with van der Waals surface area (Å²) in [5.74, 6) is 1.30. The van der Waals surface area contributed by atoms with Crippen molar-refractivity contribution in [3.8, 4) is 11.4 Å². The molecular formula is C16H19ClN4. The molecule has 0 aliphatic heterocycles. The molecular weight excluding hydrogens is 284 g/mol. The quantitative estimate of drug-likeness (QED) is 0.888. The van der Waals surface area contributed by atoms with Crippen LogP contribution in [0.5, 0.6) is 0 Å². The van der Waals surface area contributed by atoms with E-state index in [1.54, 1.807) is 0 Å². The lowest BCUT2D eigenvalue weighted by molar-refractivity contribution is 0.412. The average molecular weight is 303 g/mol. The standard InChI is InChI=1S/C16H19ClN4/c17-13-6-4-12(5-7-13)16-20-10-14(19-9-8-18)15(21-16)11-2-1-3-11/h4-7,10-11,19H,1-3,8-9,18H2. The number of rotatable bonds is 5. The van der Waals surface area contributed by atoms with Gasteiger partial charge in [0.05, 0.1) is 17.6 Å². The maximum absolute atomic E-state index is 5.93. The molecule has 0 spiro atoms. The molecule has 110 valence electrons. The molecule has 0 radical (unpaired) electrons. The number of nitrogens with one attached hydrogen (secondary N) is 1. The minimum Gasteiger partial charge on any atom is -0.381 e. The van der Waals surface area contributed by atoms with Crippen LogP contribution in [0.2, 0.25) is 5.02 Å². The van der Waals surface area contributed by atoms with Crippen LogP contribution < -0.4 is 11.1 Å². The number of halogens is 1. The summed E-state index contributed by atoms with van der Waals surface area (Å²) in [6.45, 7) is 1.34. The number of hydrogen-bond acceptors (Lipinski definition) is 4. The van der Waals surface area contributed by atoms with Crippen LogP contribution in [0.4, 0.5) is 5.69 Å². The van der Waals surface area contributed by atoms with E-state index < -0.39 is 0 Å². The van der Waals surface area contributed by atoms with Crippen molar-refractivity contribution < 1.29 is 0 Å². The molecule has 0 unspecified atom stereocenters. The van der Waals surface area contributed by atoms with Gasteiger partial charge in [0.15, 0.2) is 5.82 Å². The fourth-order valence-electron chi connectivity index (χ4n) is 2.47. The minimum atomic E-state index is 0.541. The largest absolute Gasteiger partial charge is 0.381 e. The second-order valence-corrected chi connectivity index (χ2v) is 5.78. The van der Waals surface area contributed by atoms with Gasteiger partial charge in [-0.25, -0.2) is 9.97 Å². The Balaban J connectivity index is 1.93. The molecule has 1 saturated carbocycles. The van der Waals surface area contributed by atoms with Gasteiger partial charge in [-0.1, -0.05) is 18.0 Å². The van der Waals surface area contributed by atoms with E-state index in [1.165, 1.54) is 19.3 Å². The summed E-state index contributed by atoms with van der Waals surface area (Å²) in [5, 5.41) is 4.05. The molecule has 1 heterocycles. The van der Waals surface area contributed by atoms with E-state index >= 15 is 0 Å². The maximum atomic E-state index is 5.93. The van der Waals surface area contributed by atoms with Gasteiger partial charge in [-0.3, -0.25) is 0 Å². The zero-order valence-electron chi connectivity index (χ0n) is 11.8. The van der Waals surface area contributed by atoms with Crippen molar-refractivity contribution in [2.24, 2.45) is 5.73 Å². The zero-order valence-corrected chi connectivity index (χ0v) is 12.6. The molecule has 3 rings (SSSR count). The predicted molar refractivity (Wildman–Crippen MR) is 86.6 cm³/mol. The molecule has 4 nitrogen and oxygen atoms in total. The predicted octanol–water partition coefficient (Wildman–Crippen LogP) is 3.44. The number of benzene rings is 1. The molecule has 21 heavy (non-hydrogen) atoms. The number of nitrogens with zero attached hydrogens (tertiary/aromatic N) is 2. The summed E-state index contributed by atoms with van der Waals surface area (Å²) >= 11 is 5.93. The Bertz CT molecular complexity index is 608. The molecule has 1 aromatic carbocycles. The third kappa shape index (κ3) is 3.17. The Morgan fingerprint density at radius 1 is 1.24 bits per heavy atom. The van der Waals surface area contributed by atoms with E-state index in [1.807, 2.05) is 30.5 Å². The third-order valence-corrected chi connectivity index (χ3v) is 4.12. The fourth-order valence-corrected chi connectivity index (χ4v) is 2.59. The first kappa shape index (κ1) is 14.3. The highest BCUT2D eigenvalue weighted by Crippen LogP contribution is 2.39. The molecule has 0 atom stereocenters. The monoisotopic (exact) mass is 302 g/mol. The van der Waals surface area contributed by atoms with Gasteiger partial charge in [-0.05, 0) is 37.1 Å². The van der Waals surface area contributed by atoms with Crippen molar-refractivity contribution in [3.63, 3.8) is 0 Å². The summed E-state index contributed by atoms with van der Waals surface area (Å²) in [5.41, 5.74) is 8.70. The molecule has 1 fully saturated rings. The zero-order chi connectivity index (χ0) is 14.7. The van der Waals surface area contributed by atoms with Gasteiger partial charge in [0, 0.05) is 29.6 Å². The molecule has 0 saturated heterocycles. The van der Waals surface area contributed by atoms with Gasteiger partial charge in [0.1, 0.15) is 0 Å². The van der Waals surface area contributed by atoms with E-state index in [-0.39, 0.29) is 0 Å². The molecule has 1 aliphatic carbocycles. The summed E-state index contributed by atoms with van der Waals surface area (Å²) in [6.07, 6.45) is 5.56. The van der Waals surface area contributed by atoms with Gasteiger partial charge in [-0.2, -0.15) is 0 Å². The van der Waals surface area contributed by atoms with Crippen molar-refractivity contribution in [2.75, 3.05) is 18.4 Å². The molecule has 0 amide bonds. The summed E-state index contributed by atoms with van der Waals surface area (Å²) in [6, 6.07) is 7.64. The first-order chi connectivity index (χ1) is 10.3.